The van der Waals surface area contributed by atoms with E-state index in [9.17, 15) is 0 Å². The lowest BCUT2D eigenvalue weighted by Crippen LogP contribution is -1.95. The summed E-state index contributed by atoms with van der Waals surface area (Å²) in [6.07, 6.45) is 6.90. The number of hydrogen-bond acceptors (Lipinski definition) is 0. The van der Waals surface area contributed by atoms with Crippen LogP contribution < -0.4 is 0 Å². The van der Waals surface area contributed by atoms with Crippen molar-refractivity contribution >= 4 is 11.6 Å². The van der Waals surface area contributed by atoms with Gasteiger partial charge in [-0.3, -0.25) is 0 Å². The Morgan fingerprint density at radius 2 is 2.09 bits per heavy atom. The average molecular weight is 175 g/mol. The van der Waals surface area contributed by atoms with Gasteiger partial charge in [0.15, 0.2) is 0 Å². The number of hydrogen-bond donors (Lipinski definition) is 0. The van der Waals surface area contributed by atoms with Crippen molar-refractivity contribution in [3.05, 3.63) is 11.6 Å². The van der Waals surface area contributed by atoms with Gasteiger partial charge in [-0.25, -0.2) is 0 Å². The molecule has 0 aliphatic rings. The molecule has 66 valence electrons. The maximum atomic E-state index is 6.06. The lowest BCUT2D eigenvalue weighted by molar-refractivity contribution is 0.680. The minimum atomic E-state index is 0.352. The Kier molecular flexibility index (Phi) is 6.74. The van der Waals surface area contributed by atoms with Crippen LogP contribution in [0.2, 0.25) is 0 Å². The van der Waals surface area contributed by atoms with Crippen LogP contribution >= 0.6 is 11.6 Å². The molecule has 0 amide bonds. The van der Waals surface area contributed by atoms with Gasteiger partial charge in [0.25, 0.3) is 0 Å². The smallest absolute Gasteiger partial charge is 0.0370 e. The van der Waals surface area contributed by atoms with E-state index in [0.717, 1.165) is 12.8 Å². The summed E-state index contributed by atoms with van der Waals surface area (Å²) in [5.74, 6) is 0. The standard InChI is InChI=1S/C10H19Cl/c1-4-5-6-10(11)8-7-9(2)3/h7,10H,4-6,8H2,1-3H3. The van der Waals surface area contributed by atoms with Gasteiger partial charge < -0.3 is 0 Å². The van der Waals surface area contributed by atoms with E-state index < -0.39 is 0 Å². The zero-order valence-corrected chi connectivity index (χ0v) is 8.62. The molecule has 0 aliphatic carbocycles. The third-order valence-electron chi connectivity index (χ3n) is 1.65. The number of rotatable bonds is 5. The Morgan fingerprint density at radius 1 is 1.45 bits per heavy atom. The number of alkyl halides is 1. The summed E-state index contributed by atoms with van der Waals surface area (Å²) in [6.45, 7) is 6.43. The molecule has 0 saturated carbocycles. The van der Waals surface area contributed by atoms with Crippen molar-refractivity contribution in [2.24, 2.45) is 0 Å². The number of halogens is 1. The Bertz CT molecular complexity index is 112. The number of unbranched alkanes of at least 4 members (excludes halogenated alkanes) is 1. The maximum absolute atomic E-state index is 6.06. The second-order valence-corrected chi connectivity index (χ2v) is 3.87. The van der Waals surface area contributed by atoms with E-state index in [1.807, 2.05) is 0 Å². The quantitative estimate of drug-likeness (QED) is 0.434. The Hall–Kier alpha value is 0.0300. The van der Waals surface area contributed by atoms with Crippen LogP contribution in [0.4, 0.5) is 0 Å². The summed E-state index contributed by atoms with van der Waals surface area (Å²) < 4.78 is 0. The SMILES string of the molecule is CCCCC(Cl)CC=C(C)C. The van der Waals surface area contributed by atoms with Gasteiger partial charge in [-0.15, -0.1) is 11.6 Å². The molecule has 0 radical (unpaired) electrons. The fraction of sp³-hybridized carbons (Fsp3) is 0.800. The summed E-state index contributed by atoms with van der Waals surface area (Å²) in [6, 6.07) is 0. The molecule has 0 aromatic heterocycles. The van der Waals surface area contributed by atoms with E-state index in [0.29, 0.717) is 5.38 Å². The molecule has 0 rings (SSSR count). The second-order valence-electron chi connectivity index (χ2n) is 3.26. The molecule has 0 heterocycles. The maximum Gasteiger partial charge on any atom is 0.0370 e. The normalized spacial score (nSPS) is 12.7. The Balaban J connectivity index is 3.36. The van der Waals surface area contributed by atoms with E-state index in [4.69, 9.17) is 11.6 Å². The molecule has 0 spiro atoms. The van der Waals surface area contributed by atoms with Crippen molar-refractivity contribution in [3.8, 4) is 0 Å². The predicted octanol–water partition coefficient (Wildman–Crippen LogP) is 4.14. The molecule has 1 atom stereocenters. The van der Waals surface area contributed by atoms with Crippen LogP contribution in [0, 0.1) is 0 Å². The third-order valence-corrected chi connectivity index (χ3v) is 2.05. The lowest BCUT2D eigenvalue weighted by Gasteiger charge is -2.04. The molecule has 0 nitrogen and oxygen atoms in total. The minimum absolute atomic E-state index is 0.352. The summed E-state index contributed by atoms with van der Waals surface area (Å²) in [4.78, 5) is 0. The highest BCUT2D eigenvalue weighted by molar-refractivity contribution is 6.20. The highest BCUT2D eigenvalue weighted by Gasteiger charge is 2.00. The Morgan fingerprint density at radius 3 is 2.55 bits per heavy atom. The molecule has 0 aliphatic heterocycles. The van der Waals surface area contributed by atoms with Crippen LogP contribution in [0.5, 0.6) is 0 Å². The predicted molar refractivity (Wildman–Crippen MR) is 53.2 cm³/mol. The molecule has 0 saturated heterocycles. The van der Waals surface area contributed by atoms with E-state index in [1.54, 1.807) is 0 Å². The lowest BCUT2D eigenvalue weighted by atomic mass is 10.1. The van der Waals surface area contributed by atoms with Gasteiger partial charge in [0.05, 0.1) is 0 Å². The van der Waals surface area contributed by atoms with Crippen molar-refractivity contribution in [3.63, 3.8) is 0 Å². The molecule has 1 unspecified atom stereocenters. The first kappa shape index (κ1) is 11.0. The first-order valence-corrected chi connectivity index (χ1v) is 4.88. The first-order chi connectivity index (χ1) is 5.16. The van der Waals surface area contributed by atoms with Crippen LogP contribution in [-0.2, 0) is 0 Å². The van der Waals surface area contributed by atoms with E-state index >= 15 is 0 Å². The molecule has 0 bridgehead atoms. The molecule has 1 heteroatoms. The van der Waals surface area contributed by atoms with Crippen molar-refractivity contribution in [1.29, 1.82) is 0 Å². The van der Waals surface area contributed by atoms with Gasteiger partial charge in [-0.2, -0.15) is 0 Å². The monoisotopic (exact) mass is 174 g/mol. The van der Waals surface area contributed by atoms with Gasteiger partial charge in [-0.1, -0.05) is 31.4 Å². The topological polar surface area (TPSA) is 0 Å². The average Bonchev–Trinajstić information content (AvgIpc) is 1.97. The van der Waals surface area contributed by atoms with Crippen LogP contribution in [0.25, 0.3) is 0 Å². The fourth-order valence-electron chi connectivity index (χ4n) is 0.907. The highest BCUT2D eigenvalue weighted by Crippen LogP contribution is 2.12. The second kappa shape index (κ2) is 6.72. The van der Waals surface area contributed by atoms with Crippen LogP contribution in [0.15, 0.2) is 11.6 Å². The molecular formula is C10H19Cl. The molecule has 11 heavy (non-hydrogen) atoms. The largest absolute Gasteiger partial charge is 0.123 e. The molecule has 0 N–H and O–H groups in total. The fourth-order valence-corrected chi connectivity index (χ4v) is 1.15. The molecular weight excluding hydrogens is 156 g/mol. The summed E-state index contributed by atoms with van der Waals surface area (Å²) >= 11 is 6.06. The summed E-state index contributed by atoms with van der Waals surface area (Å²) in [5.41, 5.74) is 1.37. The van der Waals surface area contributed by atoms with Gasteiger partial charge >= 0.3 is 0 Å². The first-order valence-electron chi connectivity index (χ1n) is 4.44. The van der Waals surface area contributed by atoms with Gasteiger partial charge in [-0.05, 0) is 26.7 Å². The van der Waals surface area contributed by atoms with Crippen LogP contribution in [0.3, 0.4) is 0 Å². The van der Waals surface area contributed by atoms with Crippen molar-refractivity contribution in [1.82, 2.24) is 0 Å². The summed E-state index contributed by atoms with van der Waals surface area (Å²) in [7, 11) is 0. The number of allylic oxidation sites excluding steroid dienone is 2. The van der Waals surface area contributed by atoms with Crippen molar-refractivity contribution in [2.75, 3.05) is 0 Å². The zero-order valence-electron chi connectivity index (χ0n) is 7.86. The zero-order chi connectivity index (χ0) is 8.69. The van der Waals surface area contributed by atoms with Crippen molar-refractivity contribution < 1.29 is 0 Å². The third kappa shape index (κ3) is 7.93. The van der Waals surface area contributed by atoms with Gasteiger partial charge in [0, 0.05) is 5.38 Å². The highest BCUT2D eigenvalue weighted by atomic mass is 35.5. The van der Waals surface area contributed by atoms with E-state index in [-0.39, 0.29) is 0 Å². The minimum Gasteiger partial charge on any atom is -0.123 e. The van der Waals surface area contributed by atoms with Gasteiger partial charge in [0.2, 0.25) is 0 Å². The van der Waals surface area contributed by atoms with Crippen LogP contribution in [-0.4, -0.2) is 5.38 Å². The molecule has 0 fully saturated rings. The van der Waals surface area contributed by atoms with E-state index in [1.165, 1.54) is 18.4 Å². The van der Waals surface area contributed by atoms with Crippen LogP contribution in [0.1, 0.15) is 46.5 Å². The molecule has 0 aromatic carbocycles. The van der Waals surface area contributed by atoms with Crippen molar-refractivity contribution in [2.45, 2.75) is 51.8 Å². The summed E-state index contributed by atoms with van der Waals surface area (Å²) in [5, 5.41) is 0.352. The Labute approximate surface area is 75.6 Å². The molecule has 0 aromatic rings. The van der Waals surface area contributed by atoms with E-state index in [2.05, 4.69) is 26.8 Å². The van der Waals surface area contributed by atoms with Gasteiger partial charge in [0.1, 0.15) is 0 Å².